The van der Waals surface area contributed by atoms with Gasteiger partial charge in [0.1, 0.15) is 11.9 Å². The van der Waals surface area contributed by atoms with Crippen LogP contribution in [0.25, 0.3) is 11.1 Å². The van der Waals surface area contributed by atoms with E-state index in [2.05, 4.69) is 44.2 Å². The number of hydrogen-bond acceptors (Lipinski definition) is 3. The van der Waals surface area contributed by atoms with Gasteiger partial charge in [0.25, 0.3) is 0 Å². The molecule has 2 N–H and O–H groups in total. The number of carbonyl (C=O) groups is 1. The third-order valence-electron chi connectivity index (χ3n) is 4.76. The molecule has 3 rings (SSSR count). The fourth-order valence-corrected chi connectivity index (χ4v) is 3.54. The Morgan fingerprint density at radius 3 is 2.50 bits per heavy atom. The molecule has 2 aromatic rings. The Labute approximate surface area is 142 Å². The third kappa shape index (κ3) is 2.84. The highest BCUT2D eigenvalue weighted by molar-refractivity contribution is 5.69. The fourth-order valence-electron chi connectivity index (χ4n) is 3.54. The predicted molar refractivity (Wildman–Crippen MR) is 94.1 cm³/mol. The number of primary amides is 1. The number of ether oxygens (including phenoxy) is 2. The van der Waals surface area contributed by atoms with Gasteiger partial charge < -0.3 is 15.2 Å². The van der Waals surface area contributed by atoms with Crippen molar-refractivity contribution < 1.29 is 14.3 Å². The van der Waals surface area contributed by atoms with Crippen molar-refractivity contribution in [3.63, 3.8) is 0 Å². The molecule has 2 aromatic carbocycles. The first-order chi connectivity index (χ1) is 11.3. The summed E-state index contributed by atoms with van der Waals surface area (Å²) < 4.78 is 10.8. The second-order valence-corrected chi connectivity index (χ2v) is 7.08. The Kier molecular flexibility index (Phi) is 3.99. The minimum Gasteiger partial charge on any atom is -0.496 e. The topological polar surface area (TPSA) is 61.6 Å². The largest absolute Gasteiger partial charge is 0.496 e. The number of fused-ring (bicyclic) bond motifs is 1. The van der Waals surface area contributed by atoms with Gasteiger partial charge in [-0.1, -0.05) is 44.2 Å². The van der Waals surface area contributed by atoms with E-state index in [1.807, 2.05) is 13.0 Å². The van der Waals surface area contributed by atoms with Crippen LogP contribution in [0.2, 0.25) is 0 Å². The smallest absolute Gasteiger partial charge is 0.405 e. The summed E-state index contributed by atoms with van der Waals surface area (Å²) >= 11 is 0. The first-order valence-electron chi connectivity index (χ1n) is 8.06. The van der Waals surface area contributed by atoms with E-state index in [1.165, 1.54) is 5.56 Å². The van der Waals surface area contributed by atoms with Crippen LogP contribution in [-0.2, 0) is 11.2 Å². The van der Waals surface area contributed by atoms with Gasteiger partial charge in [0.2, 0.25) is 0 Å². The normalized spacial score (nSPS) is 18.1. The summed E-state index contributed by atoms with van der Waals surface area (Å²) in [6.07, 6.45) is -0.184. The molecule has 0 radical (unpaired) electrons. The van der Waals surface area contributed by atoms with Crippen molar-refractivity contribution in [3.8, 4) is 16.9 Å². The molecule has 0 saturated carbocycles. The summed E-state index contributed by atoms with van der Waals surface area (Å²) in [4.78, 5) is 11.2. The van der Waals surface area contributed by atoms with Gasteiger partial charge in [0, 0.05) is 5.41 Å². The lowest BCUT2D eigenvalue weighted by atomic mass is 9.87. The molecule has 1 atom stereocenters. The molecule has 4 nitrogen and oxygen atoms in total. The Morgan fingerprint density at radius 1 is 1.17 bits per heavy atom. The highest BCUT2D eigenvalue weighted by atomic mass is 16.6. The lowest BCUT2D eigenvalue weighted by molar-refractivity contribution is 0.0392. The number of methoxy groups -OCH3 is 1. The molecule has 1 aliphatic rings. The van der Waals surface area contributed by atoms with Gasteiger partial charge in [-0.05, 0) is 47.2 Å². The lowest BCUT2D eigenvalue weighted by Gasteiger charge is -2.26. The number of carbonyl (C=O) groups excluding carboxylic acids is 1. The van der Waals surface area contributed by atoms with Gasteiger partial charge in [0.15, 0.2) is 0 Å². The number of benzene rings is 2. The van der Waals surface area contributed by atoms with E-state index >= 15 is 0 Å². The Hall–Kier alpha value is -2.49. The predicted octanol–water partition coefficient (Wildman–Crippen LogP) is 4.39. The van der Waals surface area contributed by atoms with Gasteiger partial charge >= 0.3 is 6.09 Å². The van der Waals surface area contributed by atoms with E-state index in [4.69, 9.17) is 15.2 Å². The fraction of sp³-hybridized carbons (Fsp3) is 0.350. The first kappa shape index (κ1) is 16.4. The summed E-state index contributed by atoms with van der Waals surface area (Å²) in [7, 11) is 1.68. The quantitative estimate of drug-likeness (QED) is 0.910. The first-order valence-corrected chi connectivity index (χ1v) is 8.06. The Bertz CT molecular complexity index is 795. The van der Waals surface area contributed by atoms with Crippen LogP contribution in [0, 0.1) is 12.3 Å². The number of nitrogens with two attached hydrogens (primary N) is 1. The molecule has 126 valence electrons. The monoisotopic (exact) mass is 325 g/mol. The van der Waals surface area contributed by atoms with Crippen molar-refractivity contribution in [2.45, 2.75) is 33.3 Å². The van der Waals surface area contributed by atoms with E-state index in [9.17, 15) is 4.79 Å². The van der Waals surface area contributed by atoms with Crippen molar-refractivity contribution in [2.75, 3.05) is 7.11 Å². The van der Waals surface area contributed by atoms with E-state index in [1.54, 1.807) is 7.11 Å². The van der Waals surface area contributed by atoms with Crippen molar-refractivity contribution in [2.24, 2.45) is 11.1 Å². The van der Waals surface area contributed by atoms with E-state index in [0.717, 1.165) is 34.4 Å². The second kappa shape index (κ2) is 5.86. The van der Waals surface area contributed by atoms with Crippen LogP contribution >= 0.6 is 0 Å². The van der Waals surface area contributed by atoms with Crippen LogP contribution in [0.5, 0.6) is 5.75 Å². The number of rotatable bonds is 3. The SMILES string of the molecule is COc1cc(-c2ccc3c(c2)CC(C)(C)C3OC(N)=O)ccc1C. The molecule has 0 aliphatic heterocycles. The summed E-state index contributed by atoms with van der Waals surface area (Å²) in [5.41, 5.74) is 10.7. The zero-order chi connectivity index (χ0) is 17.5. The standard InChI is InChI=1S/C20H23NO3/c1-12-5-6-14(10-17(12)23-4)13-7-8-16-15(9-13)11-20(2,3)18(16)24-19(21)22/h5-10,18H,11H2,1-4H3,(H2,21,22). The van der Waals surface area contributed by atoms with E-state index in [-0.39, 0.29) is 11.5 Å². The number of aryl methyl sites for hydroxylation is 1. The molecule has 1 unspecified atom stereocenters. The molecule has 24 heavy (non-hydrogen) atoms. The molecule has 0 aromatic heterocycles. The van der Waals surface area contributed by atoms with E-state index < -0.39 is 6.09 Å². The highest BCUT2D eigenvalue weighted by Crippen LogP contribution is 2.48. The van der Waals surface area contributed by atoms with Crippen LogP contribution in [0.1, 0.15) is 36.6 Å². The second-order valence-electron chi connectivity index (χ2n) is 7.08. The van der Waals surface area contributed by atoms with Gasteiger partial charge in [-0.2, -0.15) is 0 Å². The maximum Gasteiger partial charge on any atom is 0.405 e. The molecule has 0 heterocycles. The van der Waals surface area contributed by atoms with Crippen molar-refractivity contribution in [3.05, 3.63) is 53.1 Å². The summed E-state index contributed by atoms with van der Waals surface area (Å²) in [6, 6.07) is 12.5. The number of hydrogen-bond donors (Lipinski definition) is 1. The molecule has 4 heteroatoms. The van der Waals surface area contributed by atoms with Gasteiger partial charge in [0.05, 0.1) is 7.11 Å². The zero-order valence-corrected chi connectivity index (χ0v) is 14.6. The molecular weight excluding hydrogens is 302 g/mol. The van der Waals surface area contributed by atoms with Crippen LogP contribution < -0.4 is 10.5 Å². The molecule has 0 fully saturated rings. The van der Waals surface area contributed by atoms with Crippen LogP contribution in [0.15, 0.2) is 36.4 Å². The van der Waals surface area contributed by atoms with Crippen molar-refractivity contribution in [1.82, 2.24) is 0 Å². The van der Waals surface area contributed by atoms with E-state index in [0.29, 0.717) is 0 Å². The van der Waals surface area contributed by atoms with Crippen LogP contribution in [0.4, 0.5) is 4.79 Å². The number of amides is 1. The van der Waals surface area contributed by atoms with Crippen LogP contribution in [0.3, 0.4) is 0 Å². The summed E-state index contributed by atoms with van der Waals surface area (Å²) in [5, 5.41) is 0. The van der Waals surface area contributed by atoms with Gasteiger partial charge in [-0.25, -0.2) is 4.79 Å². The minimum absolute atomic E-state index is 0.166. The average molecular weight is 325 g/mol. The maximum absolute atomic E-state index is 11.2. The molecule has 1 amide bonds. The highest BCUT2D eigenvalue weighted by Gasteiger charge is 2.41. The Balaban J connectivity index is 2.00. The van der Waals surface area contributed by atoms with Crippen molar-refractivity contribution >= 4 is 6.09 Å². The van der Waals surface area contributed by atoms with Gasteiger partial charge in [-0.15, -0.1) is 0 Å². The molecule has 1 aliphatic carbocycles. The van der Waals surface area contributed by atoms with Gasteiger partial charge in [-0.3, -0.25) is 0 Å². The molecule has 0 saturated heterocycles. The third-order valence-corrected chi connectivity index (χ3v) is 4.76. The molecule has 0 spiro atoms. The summed E-state index contributed by atoms with van der Waals surface area (Å²) in [5.74, 6) is 0.878. The molecule has 0 bridgehead atoms. The Morgan fingerprint density at radius 2 is 1.83 bits per heavy atom. The minimum atomic E-state index is -0.728. The van der Waals surface area contributed by atoms with Crippen molar-refractivity contribution in [1.29, 1.82) is 0 Å². The lowest BCUT2D eigenvalue weighted by Crippen LogP contribution is -2.25. The zero-order valence-electron chi connectivity index (χ0n) is 14.6. The average Bonchev–Trinajstić information content (AvgIpc) is 2.77. The van der Waals surface area contributed by atoms with Crippen LogP contribution in [-0.4, -0.2) is 13.2 Å². The maximum atomic E-state index is 11.2. The molecular formula is C20H23NO3. The summed E-state index contributed by atoms with van der Waals surface area (Å²) in [6.45, 7) is 6.21.